The monoisotopic (exact) mass is 408 g/mol. The molecule has 156 valence electrons. The number of carbonyl (C=O) groups excluding carboxylic acids is 2. The summed E-state index contributed by atoms with van der Waals surface area (Å²) in [6.07, 6.45) is 1.05. The van der Waals surface area contributed by atoms with E-state index < -0.39 is 12.1 Å². The molecule has 4 rings (SSSR count). The van der Waals surface area contributed by atoms with Crippen molar-refractivity contribution in [3.8, 4) is 5.75 Å². The van der Waals surface area contributed by atoms with Crippen LogP contribution in [-0.4, -0.2) is 29.2 Å². The Balaban J connectivity index is 1.58. The van der Waals surface area contributed by atoms with Gasteiger partial charge < -0.3 is 19.3 Å². The van der Waals surface area contributed by atoms with Gasteiger partial charge in [0.25, 0.3) is 5.91 Å². The Labute approximate surface area is 174 Å². The van der Waals surface area contributed by atoms with Crippen LogP contribution in [0.15, 0.2) is 40.9 Å². The average molecular weight is 408 g/mol. The summed E-state index contributed by atoms with van der Waals surface area (Å²) in [6, 6.07) is 11.4. The van der Waals surface area contributed by atoms with Crippen LogP contribution in [0.1, 0.15) is 47.1 Å². The summed E-state index contributed by atoms with van der Waals surface area (Å²) in [4.78, 5) is 25.1. The molecule has 7 heteroatoms. The molecule has 2 aromatic carbocycles. The fourth-order valence-electron chi connectivity index (χ4n) is 3.18. The highest BCUT2D eigenvalue weighted by Crippen LogP contribution is 2.29. The number of benzene rings is 2. The van der Waals surface area contributed by atoms with Crippen LogP contribution >= 0.6 is 0 Å². The van der Waals surface area contributed by atoms with Crippen molar-refractivity contribution in [1.29, 1.82) is 0 Å². The van der Waals surface area contributed by atoms with Crippen molar-refractivity contribution < 1.29 is 23.6 Å². The van der Waals surface area contributed by atoms with Gasteiger partial charge in [-0.15, -0.1) is 0 Å². The number of amides is 1. The number of hydrogen-bond donors (Lipinski definition) is 1. The van der Waals surface area contributed by atoms with E-state index in [1.54, 1.807) is 19.1 Å². The molecule has 1 aliphatic rings. The number of aryl methyl sites for hydroxylation is 2. The fraction of sp³-hybridized carbons (Fsp3) is 0.348. The molecule has 1 aliphatic carbocycles. The molecule has 0 saturated heterocycles. The van der Waals surface area contributed by atoms with E-state index >= 15 is 0 Å². The Morgan fingerprint density at radius 2 is 1.90 bits per heavy atom. The number of rotatable bonds is 7. The third-order valence-electron chi connectivity index (χ3n) is 5.20. The molecule has 1 amide bonds. The van der Waals surface area contributed by atoms with Crippen molar-refractivity contribution in [3.63, 3.8) is 0 Å². The van der Waals surface area contributed by atoms with Gasteiger partial charge in [-0.25, -0.2) is 4.79 Å². The number of nitrogens with zero attached hydrogens (tertiary/aromatic N) is 1. The first-order chi connectivity index (χ1) is 14.4. The lowest BCUT2D eigenvalue weighted by molar-refractivity contribution is -0.129. The third kappa shape index (κ3) is 4.30. The molecule has 0 bridgehead atoms. The first-order valence-electron chi connectivity index (χ1n) is 10.0. The Morgan fingerprint density at radius 3 is 2.53 bits per heavy atom. The maximum absolute atomic E-state index is 12.9. The molecular weight excluding hydrogens is 384 g/mol. The number of ether oxygens (including phenoxy) is 2. The Hall–Kier alpha value is -3.35. The normalized spacial score (nSPS) is 14.4. The molecule has 1 fully saturated rings. The summed E-state index contributed by atoms with van der Waals surface area (Å²) in [5.41, 5.74) is 1.84. The lowest BCUT2D eigenvalue weighted by Crippen LogP contribution is -2.37. The van der Waals surface area contributed by atoms with Gasteiger partial charge in [0.2, 0.25) is 0 Å². The molecule has 1 heterocycles. The highest BCUT2D eigenvalue weighted by Gasteiger charge is 2.28. The topological polar surface area (TPSA) is 90.7 Å². The summed E-state index contributed by atoms with van der Waals surface area (Å²) in [6.45, 7) is 5.43. The average Bonchev–Trinajstić information content (AvgIpc) is 3.49. The largest absolute Gasteiger partial charge is 0.488 e. The van der Waals surface area contributed by atoms with Crippen molar-refractivity contribution in [2.75, 3.05) is 0 Å². The zero-order valence-corrected chi connectivity index (χ0v) is 17.2. The minimum absolute atomic E-state index is 0.202. The van der Waals surface area contributed by atoms with Crippen LogP contribution in [0.3, 0.4) is 0 Å². The van der Waals surface area contributed by atoms with Crippen LogP contribution in [0.5, 0.6) is 5.75 Å². The van der Waals surface area contributed by atoms with Crippen LogP contribution in [0, 0.1) is 13.8 Å². The first kappa shape index (κ1) is 19.9. The van der Waals surface area contributed by atoms with Gasteiger partial charge in [-0.2, -0.15) is 0 Å². The van der Waals surface area contributed by atoms with E-state index in [9.17, 15) is 9.59 Å². The molecule has 3 aromatic rings. The second-order valence-electron chi connectivity index (χ2n) is 7.62. The molecule has 1 aromatic heterocycles. The second kappa shape index (κ2) is 8.18. The Bertz CT molecular complexity index is 1080. The van der Waals surface area contributed by atoms with Gasteiger partial charge in [-0.1, -0.05) is 29.4 Å². The SMILES string of the molecule is Cc1noc(C)c1COc1cc2ccccc2cc1C(=O)O[C@H](C)C(=O)NC1CC1. The maximum Gasteiger partial charge on any atom is 0.342 e. The van der Waals surface area contributed by atoms with Gasteiger partial charge in [-0.3, -0.25) is 4.79 Å². The maximum atomic E-state index is 12.9. The van der Waals surface area contributed by atoms with E-state index in [0.29, 0.717) is 11.5 Å². The smallest absolute Gasteiger partial charge is 0.342 e. The van der Waals surface area contributed by atoms with Crippen LogP contribution in [0.4, 0.5) is 0 Å². The molecule has 0 radical (unpaired) electrons. The number of aromatic nitrogens is 1. The van der Waals surface area contributed by atoms with Crippen molar-refractivity contribution >= 4 is 22.6 Å². The van der Waals surface area contributed by atoms with Gasteiger partial charge in [0.1, 0.15) is 23.7 Å². The summed E-state index contributed by atoms with van der Waals surface area (Å²) in [5, 5.41) is 8.59. The molecule has 1 saturated carbocycles. The molecule has 1 atom stereocenters. The van der Waals surface area contributed by atoms with E-state index in [1.165, 1.54) is 0 Å². The van der Waals surface area contributed by atoms with Gasteiger partial charge in [0.05, 0.1) is 11.3 Å². The minimum Gasteiger partial charge on any atom is -0.488 e. The van der Waals surface area contributed by atoms with Gasteiger partial charge >= 0.3 is 5.97 Å². The number of carbonyl (C=O) groups is 2. The van der Waals surface area contributed by atoms with E-state index in [4.69, 9.17) is 14.0 Å². The summed E-state index contributed by atoms with van der Waals surface area (Å²) in [5.74, 6) is 0.161. The van der Waals surface area contributed by atoms with Crippen molar-refractivity contribution in [2.24, 2.45) is 0 Å². The first-order valence-corrected chi connectivity index (χ1v) is 10.0. The molecule has 0 spiro atoms. The highest BCUT2D eigenvalue weighted by atomic mass is 16.5. The van der Waals surface area contributed by atoms with Crippen LogP contribution < -0.4 is 10.1 Å². The zero-order valence-electron chi connectivity index (χ0n) is 17.2. The van der Waals surface area contributed by atoms with Crippen LogP contribution in [0.2, 0.25) is 0 Å². The molecule has 30 heavy (non-hydrogen) atoms. The molecule has 1 N–H and O–H groups in total. The number of fused-ring (bicyclic) bond motifs is 1. The van der Waals surface area contributed by atoms with Gasteiger partial charge in [0, 0.05) is 6.04 Å². The molecule has 0 unspecified atom stereocenters. The quantitative estimate of drug-likeness (QED) is 0.597. The second-order valence-corrected chi connectivity index (χ2v) is 7.62. The van der Waals surface area contributed by atoms with Crippen molar-refractivity contribution in [3.05, 3.63) is 59.0 Å². The van der Waals surface area contributed by atoms with Gasteiger partial charge in [-0.05, 0) is 56.5 Å². The lowest BCUT2D eigenvalue weighted by Gasteiger charge is -2.16. The van der Waals surface area contributed by atoms with Crippen LogP contribution in [-0.2, 0) is 16.1 Å². The van der Waals surface area contributed by atoms with E-state index in [1.807, 2.05) is 38.1 Å². The Morgan fingerprint density at radius 1 is 1.20 bits per heavy atom. The lowest BCUT2D eigenvalue weighted by atomic mass is 10.1. The van der Waals surface area contributed by atoms with Crippen molar-refractivity contribution in [2.45, 2.75) is 52.4 Å². The fourth-order valence-corrected chi connectivity index (χ4v) is 3.18. The predicted octanol–water partition coefficient (Wildman–Crippen LogP) is 3.85. The van der Waals surface area contributed by atoms with E-state index in [2.05, 4.69) is 10.5 Å². The number of esters is 1. The number of nitrogens with one attached hydrogen (secondary N) is 1. The molecule has 0 aliphatic heterocycles. The van der Waals surface area contributed by atoms with Crippen molar-refractivity contribution in [1.82, 2.24) is 10.5 Å². The predicted molar refractivity (Wildman–Crippen MR) is 110 cm³/mol. The summed E-state index contributed by atoms with van der Waals surface area (Å²) < 4.78 is 16.6. The van der Waals surface area contributed by atoms with Gasteiger partial charge in [0.15, 0.2) is 6.10 Å². The summed E-state index contributed by atoms with van der Waals surface area (Å²) in [7, 11) is 0. The standard InChI is InChI=1S/C23H24N2O5/c1-13-20(14(2)30-25-13)12-28-21-11-17-7-5-4-6-16(17)10-19(21)23(27)29-15(3)22(26)24-18-8-9-18/h4-7,10-11,15,18H,8-9,12H2,1-3H3,(H,24,26)/t15-/m1/s1. The molecule has 7 nitrogen and oxygen atoms in total. The van der Waals surface area contributed by atoms with Crippen LogP contribution in [0.25, 0.3) is 10.8 Å². The zero-order chi connectivity index (χ0) is 21.3. The van der Waals surface area contributed by atoms with E-state index in [0.717, 1.165) is 34.9 Å². The minimum atomic E-state index is -0.889. The summed E-state index contributed by atoms with van der Waals surface area (Å²) >= 11 is 0. The van der Waals surface area contributed by atoms with E-state index in [-0.39, 0.29) is 24.1 Å². The highest BCUT2D eigenvalue weighted by molar-refractivity contribution is 5.99. The number of hydrogen-bond acceptors (Lipinski definition) is 6. The Kier molecular flexibility index (Phi) is 5.44. The third-order valence-corrected chi connectivity index (χ3v) is 5.20. The molecular formula is C23H24N2O5.